The number of unbranched alkanes of at least 4 members (excludes halogenated alkanes) is 2. The molecule has 0 radical (unpaired) electrons. The first-order valence-corrected chi connectivity index (χ1v) is 19.7. The Morgan fingerprint density at radius 2 is 0.760 bits per heavy atom. The number of rotatable bonds is 15. The number of hydrogen-bond acceptors (Lipinski definition) is 3. The lowest BCUT2D eigenvalue weighted by Gasteiger charge is -2.32. The maximum Gasteiger partial charge on any atom is 0.0553 e. The number of aliphatic hydroxyl groups excluding tert-OH is 2. The van der Waals surface area contributed by atoms with E-state index in [2.05, 4.69) is 145 Å². The van der Waals surface area contributed by atoms with Crippen molar-refractivity contribution in [1.29, 1.82) is 0 Å². The van der Waals surface area contributed by atoms with E-state index in [4.69, 9.17) is 15.9 Å². The van der Waals surface area contributed by atoms with Crippen LogP contribution in [0, 0.1) is 11.8 Å². The fourth-order valence-corrected chi connectivity index (χ4v) is 5.92. The normalized spacial score (nSPS) is 12.1. The van der Waals surface area contributed by atoms with Gasteiger partial charge < -0.3 is 15.9 Å². The Labute approximate surface area is 317 Å². The van der Waals surface area contributed by atoms with Gasteiger partial charge in [-0.1, -0.05) is 199 Å². The lowest BCUT2D eigenvalue weighted by molar-refractivity contribution is 0.306. The fraction of sp³-hybridized carbons (Fsp3) is 0.745. The Balaban J connectivity index is -0.000000137. The lowest BCUT2D eigenvalue weighted by Crippen LogP contribution is -2.24. The summed E-state index contributed by atoms with van der Waals surface area (Å²) in [5.41, 5.74) is 11.4. The Morgan fingerprint density at radius 1 is 0.520 bits per heavy atom. The molecule has 50 heavy (non-hydrogen) atoms. The molecule has 0 aromatic heterocycles. The quantitative estimate of drug-likeness (QED) is 0.173. The summed E-state index contributed by atoms with van der Waals surface area (Å²) < 4.78 is 0. The smallest absolute Gasteiger partial charge is 0.0553 e. The predicted octanol–water partition coefficient (Wildman–Crippen LogP) is 14.1. The van der Waals surface area contributed by atoms with Crippen molar-refractivity contribution in [3.63, 3.8) is 0 Å². The molecular weight excluding hydrogens is 611 g/mol. The van der Waals surface area contributed by atoms with E-state index in [1.165, 1.54) is 86.5 Å². The molecule has 2 atom stereocenters. The maximum atomic E-state index is 7.75. The molecule has 3 nitrogen and oxygen atoms in total. The lowest BCUT2D eigenvalue weighted by atomic mass is 9.73. The van der Waals surface area contributed by atoms with Crippen LogP contribution < -0.4 is 5.73 Å². The molecular formula is C47H95NO2. The van der Waals surface area contributed by atoms with Gasteiger partial charge >= 0.3 is 0 Å². The molecule has 3 heteroatoms. The van der Waals surface area contributed by atoms with Crippen LogP contribution in [0.3, 0.4) is 0 Å². The van der Waals surface area contributed by atoms with Gasteiger partial charge in [0.15, 0.2) is 0 Å². The van der Waals surface area contributed by atoms with Crippen molar-refractivity contribution in [3.8, 4) is 0 Å². The zero-order valence-electron chi connectivity index (χ0n) is 35.1. The molecule has 2 aromatic rings. The van der Waals surface area contributed by atoms with Crippen LogP contribution in [-0.2, 0) is 23.7 Å². The number of nitrogens with two attached hydrogens (primary N) is 1. The van der Waals surface area contributed by atoms with Crippen molar-refractivity contribution in [2.75, 3.05) is 20.3 Å². The topological polar surface area (TPSA) is 66.5 Å². The molecule has 0 amide bonds. The summed E-state index contributed by atoms with van der Waals surface area (Å²) in [7, 11) is 1.00. The highest BCUT2D eigenvalue weighted by atomic mass is 16.3. The summed E-state index contributed by atoms with van der Waals surface area (Å²) in [6.45, 7) is 32.4. The molecule has 0 aliphatic rings. The average Bonchev–Trinajstić information content (AvgIpc) is 3.09. The number of aliphatic hydroxyl groups is 2. The minimum atomic E-state index is 0. The molecule has 0 bridgehead atoms. The van der Waals surface area contributed by atoms with Crippen LogP contribution in [0.4, 0.5) is 0 Å². The summed E-state index contributed by atoms with van der Waals surface area (Å²) >= 11 is 0. The van der Waals surface area contributed by atoms with E-state index in [1.54, 1.807) is 0 Å². The number of aryl methyl sites for hydroxylation is 2. The van der Waals surface area contributed by atoms with E-state index in [9.17, 15) is 0 Å². The Hall–Kier alpha value is -1.68. The van der Waals surface area contributed by atoms with Gasteiger partial charge in [0.2, 0.25) is 0 Å². The molecule has 4 N–H and O–H groups in total. The van der Waals surface area contributed by atoms with Gasteiger partial charge in [-0.2, -0.15) is 0 Å². The molecule has 300 valence electrons. The van der Waals surface area contributed by atoms with Gasteiger partial charge in [-0.3, -0.25) is 0 Å². The molecule has 2 aromatic carbocycles. The van der Waals surface area contributed by atoms with Crippen molar-refractivity contribution in [2.24, 2.45) is 17.6 Å². The Bertz CT molecular complexity index is 805. The first kappa shape index (κ1) is 60.4. The van der Waals surface area contributed by atoms with Crippen LogP contribution in [0.25, 0.3) is 0 Å². The summed E-state index contributed by atoms with van der Waals surface area (Å²) in [6, 6.07) is 18.6. The third-order valence-corrected chi connectivity index (χ3v) is 8.57. The Kier molecular flexibility index (Phi) is 48.4. The summed E-state index contributed by atoms with van der Waals surface area (Å²) in [6.07, 6.45) is 15.2. The summed E-state index contributed by atoms with van der Waals surface area (Å²) in [5, 5.41) is 14.8. The number of benzene rings is 2. The minimum Gasteiger partial charge on any atom is -0.400 e. The van der Waals surface area contributed by atoms with E-state index in [-0.39, 0.29) is 21.5 Å². The fourth-order valence-electron chi connectivity index (χ4n) is 5.92. The standard InChI is InChI=1S/2C17H28.2C4H10.C2H7NO.CH4O.2CH4/c2*1-6-12-17(5,13-14(3)4)16-10-8-15(7-2)9-11-16;2*1-3-4-2;3-1-2-4;1-2;;/h2*8-11,14H,6-7,12-13H2,1-5H3;2*3-4H2,1-2H3;4H,1-3H2;2H,1H3;2*1H4. The summed E-state index contributed by atoms with van der Waals surface area (Å²) in [5.74, 6) is 1.52. The van der Waals surface area contributed by atoms with E-state index in [1.807, 2.05) is 0 Å². The van der Waals surface area contributed by atoms with Gasteiger partial charge in [0, 0.05) is 13.7 Å². The largest absolute Gasteiger partial charge is 0.400 e. The van der Waals surface area contributed by atoms with Crippen molar-refractivity contribution >= 4 is 0 Å². The average molecular weight is 706 g/mol. The van der Waals surface area contributed by atoms with Gasteiger partial charge in [0.1, 0.15) is 0 Å². The molecule has 0 aliphatic carbocycles. The van der Waals surface area contributed by atoms with Crippen LogP contribution >= 0.6 is 0 Å². The maximum absolute atomic E-state index is 7.75. The van der Waals surface area contributed by atoms with Crippen LogP contribution in [0.5, 0.6) is 0 Å². The summed E-state index contributed by atoms with van der Waals surface area (Å²) in [4.78, 5) is 0. The van der Waals surface area contributed by atoms with Crippen LogP contribution in [-0.4, -0.2) is 30.5 Å². The van der Waals surface area contributed by atoms with Gasteiger partial charge in [0.25, 0.3) is 0 Å². The predicted molar refractivity (Wildman–Crippen MR) is 234 cm³/mol. The van der Waals surface area contributed by atoms with Crippen molar-refractivity contribution in [1.82, 2.24) is 0 Å². The van der Waals surface area contributed by atoms with E-state index in [0.717, 1.165) is 31.8 Å². The van der Waals surface area contributed by atoms with E-state index >= 15 is 0 Å². The molecule has 0 aliphatic heterocycles. The highest BCUT2D eigenvalue weighted by Crippen LogP contribution is 2.36. The van der Waals surface area contributed by atoms with Crippen LogP contribution in [0.1, 0.15) is 198 Å². The third-order valence-electron chi connectivity index (χ3n) is 8.57. The van der Waals surface area contributed by atoms with Crippen molar-refractivity contribution in [2.45, 2.75) is 200 Å². The molecule has 0 fully saturated rings. The van der Waals surface area contributed by atoms with Crippen molar-refractivity contribution < 1.29 is 10.2 Å². The molecule has 0 saturated heterocycles. The van der Waals surface area contributed by atoms with Crippen LogP contribution in [0.15, 0.2) is 48.5 Å². The zero-order valence-corrected chi connectivity index (χ0v) is 35.1. The minimum absolute atomic E-state index is 0. The molecule has 0 heterocycles. The highest BCUT2D eigenvalue weighted by molar-refractivity contribution is 5.30. The van der Waals surface area contributed by atoms with E-state index < -0.39 is 0 Å². The van der Waals surface area contributed by atoms with Gasteiger partial charge in [-0.15, -0.1) is 0 Å². The second-order valence-electron chi connectivity index (χ2n) is 14.4. The highest BCUT2D eigenvalue weighted by Gasteiger charge is 2.27. The zero-order chi connectivity index (χ0) is 38.0. The van der Waals surface area contributed by atoms with Gasteiger partial charge in [0.05, 0.1) is 6.61 Å². The van der Waals surface area contributed by atoms with E-state index in [0.29, 0.717) is 17.4 Å². The second-order valence-corrected chi connectivity index (χ2v) is 14.4. The van der Waals surface area contributed by atoms with Gasteiger partial charge in [-0.25, -0.2) is 0 Å². The number of hydrogen-bond donors (Lipinski definition) is 3. The SMILES string of the molecule is C.C.CCCC.CCCC.CCCC(C)(CC(C)C)c1ccc(CC)cc1.CCCC(C)(CC(C)C)c1ccc(CC)cc1.CO.NCCO. The third kappa shape index (κ3) is 31.1. The Morgan fingerprint density at radius 3 is 0.900 bits per heavy atom. The monoisotopic (exact) mass is 706 g/mol. The van der Waals surface area contributed by atoms with Crippen LogP contribution in [0.2, 0.25) is 0 Å². The second kappa shape index (κ2) is 40.1. The molecule has 2 rings (SSSR count). The molecule has 0 spiro atoms. The van der Waals surface area contributed by atoms with Crippen molar-refractivity contribution in [3.05, 3.63) is 70.8 Å². The first-order chi connectivity index (χ1) is 22.8. The molecule has 2 unspecified atom stereocenters. The molecule has 0 saturated carbocycles. The first-order valence-electron chi connectivity index (χ1n) is 19.7. The van der Waals surface area contributed by atoms with Gasteiger partial charge in [-0.05, 0) is 83.4 Å².